The van der Waals surface area contributed by atoms with Crippen molar-refractivity contribution >= 4 is 17.2 Å². The van der Waals surface area contributed by atoms with E-state index in [-0.39, 0.29) is 11.9 Å². The minimum Gasteiger partial charge on any atom is -0.426 e. The summed E-state index contributed by atoms with van der Waals surface area (Å²) in [4.78, 5) is 17.7. The number of hydrogen-bond acceptors (Lipinski definition) is 5. The van der Waals surface area contributed by atoms with E-state index in [2.05, 4.69) is 46.9 Å². The highest BCUT2D eigenvalue weighted by Crippen LogP contribution is 2.36. The maximum Gasteiger partial charge on any atom is 0.320 e. The molecule has 6 nitrogen and oxygen atoms in total. The highest BCUT2D eigenvalue weighted by molar-refractivity contribution is 5.83. The molecule has 2 aliphatic rings. The predicted molar refractivity (Wildman–Crippen MR) is 117 cm³/mol. The Bertz CT molecular complexity index is 1080. The van der Waals surface area contributed by atoms with Gasteiger partial charge in [0.2, 0.25) is 0 Å². The van der Waals surface area contributed by atoms with Gasteiger partial charge in [0.05, 0.1) is 11.2 Å². The van der Waals surface area contributed by atoms with Crippen molar-refractivity contribution in [3.8, 4) is 5.75 Å². The summed E-state index contributed by atoms with van der Waals surface area (Å²) in [6.07, 6.45) is 3.76. The number of piperazine rings is 1. The van der Waals surface area contributed by atoms with Gasteiger partial charge in [-0.05, 0) is 61.7 Å². The fourth-order valence-corrected chi connectivity index (χ4v) is 4.55. The van der Waals surface area contributed by atoms with Gasteiger partial charge in [-0.3, -0.25) is 9.69 Å². The zero-order valence-electron chi connectivity index (χ0n) is 17.7. The molecule has 0 N–H and O–H groups in total. The van der Waals surface area contributed by atoms with Gasteiger partial charge in [-0.2, -0.15) is 5.10 Å². The van der Waals surface area contributed by atoms with Crippen molar-refractivity contribution in [3.63, 3.8) is 0 Å². The van der Waals surface area contributed by atoms with Crippen LogP contribution < -0.4 is 9.64 Å². The van der Waals surface area contributed by atoms with Crippen molar-refractivity contribution in [1.29, 1.82) is 0 Å². The molecule has 0 saturated carbocycles. The lowest BCUT2D eigenvalue weighted by Crippen LogP contribution is -2.46. The first-order chi connectivity index (χ1) is 14.6. The topological polar surface area (TPSA) is 50.1 Å². The summed E-state index contributed by atoms with van der Waals surface area (Å²) in [5.74, 6) is 0.123. The van der Waals surface area contributed by atoms with Crippen molar-refractivity contribution in [1.82, 2.24) is 14.5 Å². The van der Waals surface area contributed by atoms with Gasteiger partial charge >= 0.3 is 5.97 Å². The van der Waals surface area contributed by atoms with Crippen LogP contribution in [0.3, 0.4) is 0 Å². The van der Waals surface area contributed by atoms with Crippen LogP contribution in [0.1, 0.15) is 36.1 Å². The molecule has 2 aromatic heterocycles. The van der Waals surface area contributed by atoms with Crippen LogP contribution in [0.5, 0.6) is 5.75 Å². The zero-order valence-corrected chi connectivity index (χ0v) is 17.7. The summed E-state index contributed by atoms with van der Waals surface area (Å²) in [6.45, 7) is 9.63. The Morgan fingerprint density at radius 3 is 2.73 bits per heavy atom. The third kappa shape index (κ3) is 3.56. The Morgan fingerprint density at radius 2 is 1.93 bits per heavy atom. The Morgan fingerprint density at radius 1 is 1.10 bits per heavy atom. The summed E-state index contributed by atoms with van der Waals surface area (Å²) in [5.41, 5.74) is 5.16. The normalized spacial score (nSPS) is 19.7. The van der Waals surface area contributed by atoms with Crippen LogP contribution >= 0.6 is 0 Å². The van der Waals surface area contributed by atoms with Crippen molar-refractivity contribution in [2.45, 2.75) is 32.6 Å². The molecule has 1 fully saturated rings. The van der Waals surface area contributed by atoms with Crippen molar-refractivity contribution in [2.75, 3.05) is 37.6 Å². The van der Waals surface area contributed by atoms with Gasteiger partial charge in [0.15, 0.2) is 0 Å². The molecular weight excluding hydrogens is 376 g/mol. The number of benzene rings is 1. The van der Waals surface area contributed by atoms with E-state index in [1.165, 1.54) is 18.5 Å². The monoisotopic (exact) mass is 404 g/mol. The van der Waals surface area contributed by atoms with Crippen LogP contribution in [0.25, 0.3) is 5.52 Å². The predicted octanol–water partition coefficient (Wildman–Crippen LogP) is 3.42. The fraction of sp³-hybridized carbons (Fsp3) is 0.417. The fourth-order valence-electron chi connectivity index (χ4n) is 4.55. The third-order valence-electron chi connectivity index (χ3n) is 6.24. The molecule has 2 aliphatic heterocycles. The summed E-state index contributed by atoms with van der Waals surface area (Å²) >= 11 is 0. The number of esters is 1. The molecule has 1 saturated heterocycles. The minimum absolute atomic E-state index is 0.215. The number of pyridine rings is 1. The van der Waals surface area contributed by atoms with E-state index in [0.717, 1.165) is 48.6 Å². The second-order valence-electron chi connectivity index (χ2n) is 8.44. The molecule has 156 valence electrons. The molecule has 1 aromatic carbocycles. The Balaban J connectivity index is 1.34. The van der Waals surface area contributed by atoms with E-state index in [1.807, 2.05) is 28.9 Å². The van der Waals surface area contributed by atoms with E-state index in [4.69, 9.17) is 4.74 Å². The number of rotatable bonds is 4. The second kappa shape index (κ2) is 7.76. The number of carbonyl (C=O) groups excluding carboxylic acids is 1. The van der Waals surface area contributed by atoms with Gasteiger partial charge in [0.1, 0.15) is 11.7 Å². The van der Waals surface area contributed by atoms with Crippen LogP contribution in [0, 0.1) is 6.92 Å². The number of hydrogen-bond donors (Lipinski definition) is 0. The number of carbonyl (C=O) groups is 1. The average Bonchev–Trinajstić information content (AvgIpc) is 3.16. The minimum atomic E-state index is -0.360. The summed E-state index contributed by atoms with van der Waals surface area (Å²) < 4.78 is 7.61. The molecule has 1 atom stereocenters. The highest BCUT2D eigenvalue weighted by atomic mass is 16.5. The smallest absolute Gasteiger partial charge is 0.320 e. The molecule has 0 bridgehead atoms. The molecule has 3 aromatic rings. The molecule has 1 unspecified atom stereocenters. The Hall–Kier alpha value is -2.86. The lowest BCUT2D eigenvalue weighted by atomic mass is 9.93. The molecule has 5 rings (SSSR count). The first-order valence-corrected chi connectivity index (χ1v) is 10.9. The van der Waals surface area contributed by atoms with E-state index in [1.54, 1.807) is 0 Å². The zero-order chi connectivity index (χ0) is 20.7. The average molecular weight is 405 g/mol. The summed E-state index contributed by atoms with van der Waals surface area (Å²) in [7, 11) is 0. The Kier molecular flexibility index (Phi) is 4.95. The maximum absolute atomic E-state index is 12.8. The first kappa shape index (κ1) is 19.1. The number of aromatic nitrogens is 2. The molecule has 30 heavy (non-hydrogen) atoms. The first-order valence-electron chi connectivity index (χ1n) is 10.9. The van der Waals surface area contributed by atoms with Crippen LogP contribution in [-0.4, -0.2) is 53.2 Å². The van der Waals surface area contributed by atoms with Gasteiger partial charge in [-0.25, -0.2) is 4.52 Å². The lowest BCUT2D eigenvalue weighted by Gasteiger charge is -2.36. The molecule has 6 heteroatoms. The number of aryl methyl sites for hydroxylation is 1. The van der Waals surface area contributed by atoms with Crippen LogP contribution in [0.4, 0.5) is 5.69 Å². The lowest BCUT2D eigenvalue weighted by molar-refractivity contribution is -0.137. The van der Waals surface area contributed by atoms with Crippen molar-refractivity contribution in [2.24, 2.45) is 0 Å². The van der Waals surface area contributed by atoms with Crippen molar-refractivity contribution < 1.29 is 9.53 Å². The van der Waals surface area contributed by atoms with Crippen molar-refractivity contribution in [3.05, 3.63) is 59.4 Å². The number of anilines is 1. The van der Waals surface area contributed by atoms with Gasteiger partial charge in [0.25, 0.3) is 0 Å². The molecule has 0 amide bonds. The van der Waals surface area contributed by atoms with Gasteiger partial charge in [-0.1, -0.05) is 13.0 Å². The van der Waals surface area contributed by atoms with Crippen LogP contribution in [0.15, 0.2) is 42.6 Å². The van der Waals surface area contributed by atoms with E-state index >= 15 is 0 Å². The van der Waals surface area contributed by atoms with E-state index in [0.29, 0.717) is 12.2 Å². The molecular formula is C24H28N4O2. The summed E-state index contributed by atoms with van der Waals surface area (Å²) in [6, 6.07) is 12.4. The molecule has 4 heterocycles. The van der Waals surface area contributed by atoms with Gasteiger partial charge < -0.3 is 9.64 Å². The second-order valence-corrected chi connectivity index (χ2v) is 8.44. The number of ether oxygens (including phenoxy) is 1. The quantitative estimate of drug-likeness (QED) is 0.493. The Labute approximate surface area is 177 Å². The number of fused-ring (bicyclic) bond motifs is 2. The standard InChI is InChI=1S/C24H28N4O2/c1-3-7-26-9-11-27(12-10-26)19-5-4-18-14-21(24(29)30-23(18)16-19)22-15-20-13-17(2)6-8-28(20)25-22/h4-6,8,13,15-16,21H,3,7,9-12,14H2,1-2H3. The largest absolute Gasteiger partial charge is 0.426 e. The summed E-state index contributed by atoms with van der Waals surface area (Å²) in [5, 5.41) is 4.62. The molecule has 0 radical (unpaired) electrons. The molecule has 0 aliphatic carbocycles. The van der Waals surface area contributed by atoms with Gasteiger partial charge in [0, 0.05) is 44.1 Å². The van der Waals surface area contributed by atoms with E-state index < -0.39 is 0 Å². The van der Waals surface area contributed by atoms with E-state index in [9.17, 15) is 4.79 Å². The molecule has 0 spiro atoms. The third-order valence-corrected chi connectivity index (χ3v) is 6.24. The highest BCUT2D eigenvalue weighted by Gasteiger charge is 2.32. The SMILES string of the molecule is CCCN1CCN(c2ccc3c(c2)OC(=O)C(c2cc4cc(C)ccn4n2)C3)CC1. The maximum atomic E-state index is 12.8. The van der Waals surface area contributed by atoms with Crippen LogP contribution in [0.2, 0.25) is 0 Å². The van der Waals surface area contributed by atoms with Gasteiger partial charge in [-0.15, -0.1) is 0 Å². The van der Waals surface area contributed by atoms with Crippen LogP contribution in [-0.2, 0) is 11.2 Å². The number of nitrogens with zero attached hydrogens (tertiary/aromatic N) is 4.